The first kappa shape index (κ1) is 13.5. The average molecular weight is 260 g/mol. The summed E-state index contributed by atoms with van der Waals surface area (Å²) in [6, 6.07) is 8.12. The number of methoxy groups -OCH3 is 2. The van der Waals surface area contributed by atoms with Gasteiger partial charge in [0.25, 0.3) is 0 Å². The van der Waals surface area contributed by atoms with Crippen LogP contribution in [0.1, 0.15) is 19.3 Å². The predicted molar refractivity (Wildman–Crippen MR) is 74.7 cm³/mol. The lowest BCUT2D eigenvalue weighted by atomic mass is 9.95. The van der Waals surface area contributed by atoms with Gasteiger partial charge in [-0.25, -0.2) is 0 Å². The Balaban J connectivity index is 2.22. The molecule has 1 aromatic carbocycles. The Morgan fingerprint density at radius 3 is 2.89 bits per heavy atom. The fraction of sp³-hybridized carbons (Fsp3) is 0.533. The second-order valence-corrected chi connectivity index (χ2v) is 4.85. The predicted octanol–water partition coefficient (Wildman–Crippen LogP) is 2.83. The molecule has 2 rings (SSSR count). The molecular weight excluding hydrogens is 240 g/mol. The van der Waals surface area contributed by atoms with Crippen LogP contribution in [-0.4, -0.2) is 27.3 Å². The number of nitrogens with zero attached hydrogens (tertiary/aromatic N) is 2. The Morgan fingerprint density at radius 2 is 2.21 bits per heavy atom. The van der Waals surface area contributed by atoms with Crippen LogP contribution in [0.3, 0.4) is 0 Å². The third-order valence-electron chi connectivity index (χ3n) is 3.63. The first-order valence-electron chi connectivity index (χ1n) is 6.62. The van der Waals surface area contributed by atoms with Crippen LogP contribution in [0.4, 0.5) is 5.69 Å². The Morgan fingerprint density at radius 1 is 1.37 bits per heavy atom. The fourth-order valence-corrected chi connectivity index (χ4v) is 2.62. The van der Waals surface area contributed by atoms with Gasteiger partial charge in [-0.05, 0) is 30.9 Å². The number of piperidine rings is 1. The number of hydrogen-bond donors (Lipinski definition) is 0. The number of nitriles is 1. The normalized spacial score (nSPS) is 18.8. The highest BCUT2D eigenvalue weighted by Gasteiger charge is 2.22. The van der Waals surface area contributed by atoms with Gasteiger partial charge in [-0.15, -0.1) is 0 Å². The summed E-state index contributed by atoms with van der Waals surface area (Å²) in [5.74, 6) is 2.14. The summed E-state index contributed by atoms with van der Waals surface area (Å²) in [5.41, 5.74) is 1.06. The van der Waals surface area contributed by atoms with E-state index in [1.54, 1.807) is 14.2 Å². The van der Waals surface area contributed by atoms with E-state index in [2.05, 4.69) is 11.0 Å². The fourth-order valence-electron chi connectivity index (χ4n) is 2.62. The van der Waals surface area contributed by atoms with Crippen molar-refractivity contribution in [1.82, 2.24) is 0 Å². The summed E-state index contributed by atoms with van der Waals surface area (Å²) in [4.78, 5) is 2.30. The van der Waals surface area contributed by atoms with E-state index in [1.165, 1.54) is 0 Å². The molecule has 1 aliphatic heterocycles. The Hall–Kier alpha value is -1.89. The van der Waals surface area contributed by atoms with Gasteiger partial charge in [0.2, 0.25) is 0 Å². The van der Waals surface area contributed by atoms with E-state index < -0.39 is 0 Å². The average Bonchev–Trinajstić information content (AvgIpc) is 2.47. The molecular formula is C15H20N2O2. The molecule has 102 valence electrons. The molecule has 0 aliphatic carbocycles. The van der Waals surface area contributed by atoms with E-state index in [9.17, 15) is 0 Å². The van der Waals surface area contributed by atoms with Gasteiger partial charge in [-0.2, -0.15) is 5.26 Å². The van der Waals surface area contributed by atoms with Crippen LogP contribution in [0.5, 0.6) is 11.5 Å². The van der Waals surface area contributed by atoms with Gasteiger partial charge >= 0.3 is 0 Å². The van der Waals surface area contributed by atoms with E-state index in [0.717, 1.165) is 43.1 Å². The minimum atomic E-state index is 0.453. The Kier molecular flexibility index (Phi) is 4.51. The Labute approximate surface area is 114 Å². The van der Waals surface area contributed by atoms with Gasteiger partial charge in [0.1, 0.15) is 11.5 Å². The highest BCUT2D eigenvalue weighted by atomic mass is 16.5. The van der Waals surface area contributed by atoms with Gasteiger partial charge in [0, 0.05) is 25.6 Å². The molecule has 0 spiro atoms. The van der Waals surface area contributed by atoms with Crippen molar-refractivity contribution in [3.05, 3.63) is 18.2 Å². The van der Waals surface area contributed by atoms with Crippen molar-refractivity contribution >= 4 is 5.69 Å². The molecule has 1 fully saturated rings. The van der Waals surface area contributed by atoms with Gasteiger partial charge in [-0.3, -0.25) is 0 Å². The number of anilines is 1. The summed E-state index contributed by atoms with van der Waals surface area (Å²) in [5, 5.41) is 8.85. The molecule has 1 aromatic rings. The topological polar surface area (TPSA) is 45.5 Å². The third kappa shape index (κ3) is 3.11. The highest BCUT2D eigenvalue weighted by Crippen LogP contribution is 2.35. The third-order valence-corrected chi connectivity index (χ3v) is 3.63. The van der Waals surface area contributed by atoms with E-state index >= 15 is 0 Å². The molecule has 4 heteroatoms. The van der Waals surface area contributed by atoms with Crippen molar-refractivity contribution in [2.24, 2.45) is 5.92 Å². The number of ether oxygens (including phenoxy) is 2. The smallest absolute Gasteiger partial charge is 0.142 e. The van der Waals surface area contributed by atoms with Crippen LogP contribution in [0.25, 0.3) is 0 Å². The summed E-state index contributed by atoms with van der Waals surface area (Å²) in [7, 11) is 3.35. The first-order valence-corrected chi connectivity index (χ1v) is 6.62. The maximum Gasteiger partial charge on any atom is 0.142 e. The summed E-state index contributed by atoms with van der Waals surface area (Å²) < 4.78 is 10.7. The van der Waals surface area contributed by atoms with Crippen LogP contribution in [0.15, 0.2) is 18.2 Å². The molecule has 0 radical (unpaired) electrons. The van der Waals surface area contributed by atoms with Gasteiger partial charge < -0.3 is 14.4 Å². The van der Waals surface area contributed by atoms with Crippen molar-refractivity contribution in [1.29, 1.82) is 5.26 Å². The first-order chi connectivity index (χ1) is 9.28. The SMILES string of the molecule is COc1ccc(OC)c(N2CCCC(CC#N)C2)c1. The maximum atomic E-state index is 8.85. The highest BCUT2D eigenvalue weighted by molar-refractivity contribution is 5.62. The van der Waals surface area contributed by atoms with Crippen molar-refractivity contribution in [2.45, 2.75) is 19.3 Å². The number of benzene rings is 1. The van der Waals surface area contributed by atoms with Crippen molar-refractivity contribution in [2.75, 3.05) is 32.2 Å². The minimum absolute atomic E-state index is 0.453. The van der Waals surface area contributed by atoms with E-state index in [0.29, 0.717) is 12.3 Å². The summed E-state index contributed by atoms with van der Waals surface area (Å²) >= 11 is 0. The zero-order valence-corrected chi connectivity index (χ0v) is 11.6. The molecule has 0 N–H and O–H groups in total. The molecule has 0 bridgehead atoms. The second-order valence-electron chi connectivity index (χ2n) is 4.85. The van der Waals surface area contributed by atoms with Crippen LogP contribution in [0.2, 0.25) is 0 Å². The molecule has 0 amide bonds. The molecule has 4 nitrogen and oxygen atoms in total. The monoisotopic (exact) mass is 260 g/mol. The van der Waals surface area contributed by atoms with Gasteiger partial charge in [0.05, 0.1) is 26.0 Å². The molecule has 1 saturated heterocycles. The van der Waals surface area contributed by atoms with Gasteiger partial charge in [-0.1, -0.05) is 0 Å². The van der Waals surface area contributed by atoms with E-state index in [1.807, 2.05) is 18.2 Å². The van der Waals surface area contributed by atoms with E-state index in [-0.39, 0.29) is 0 Å². The summed E-state index contributed by atoms with van der Waals surface area (Å²) in [6.07, 6.45) is 2.88. The van der Waals surface area contributed by atoms with Crippen LogP contribution in [-0.2, 0) is 0 Å². The summed E-state index contributed by atoms with van der Waals surface area (Å²) in [6.45, 7) is 1.92. The van der Waals surface area contributed by atoms with E-state index in [4.69, 9.17) is 14.7 Å². The maximum absolute atomic E-state index is 8.85. The standard InChI is InChI=1S/C15H20N2O2/c1-18-13-5-6-15(19-2)14(10-13)17-9-3-4-12(11-17)7-8-16/h5-6,10,12H,3-4,7,9,11H2,1-2H3. The number of rotatable bonds is 4. The van der Waals surface area contributed by atoms with Crippen LogP contribution >= 0.6 is 0 Å². The second kappa shape index (κ2) is 6.33. The Bertz CT molecular complexity index is 468. The molecule has 1 unspecified atom stereocenters. The quantitative estimate of drug-likeness (QED) is 0.835. The molecule has 1 atom stereocenters. The lowest BCUT2D eigenvalue weighted by Crippen LogP contribution is -2.35. The lowest BCUT2D eigenvalue weighted by Gasteiger charge is -2.34. The molecule has 19 heavy (non-hydrogen) atoms. The molecule has 0 aromatic heterocycles. The molecule has 1 heterocycles. The zero-order chi connectivity index (χ0) is 13.7. The van der Waals surface area contributed by atoms with Crippen LogP contribution in [0, 0.1) is 17.2 Å². The minimum Gasteiger partial charge on any atom is -0.497 e. The van der Waals surface area contributed by atoms with Crippen LogP contribution < -0.4 is 14.4 Å². The molecule has 0 saturated carbocycles. The zero-order valence-electron chi connectivity index (χ0n) is 11.6. The van der Waals surface area contributed by atoms with Crippen molar-refractivity contribution in [3.63, 3.8) is 0 Å². The van der Waals surface area contributed by atoms with Crippen molar-refractivity contribution < 1.29 is 9.47 Å². The largest absolute Gasteiger partial charge is 0.497 e. The number of hydrogen-bond acceptors (Lipinski definition) is 4. The van der Waals surface area contributed by atoms with Crippen molar-refractivity contribution in [3.8, 4) is 17.6 Å². The lowest BCUT2D eigenvalue weighted by molar-refractivity contribution is 0.391. The van der Waals surface area contributed by atoms with Gasteiger partial charge in [0.15, 0.2) is 0 Å². The molecule has 1 aliphatic rings.